The molecule has 0 aliphatic heterocycles. The highest BCUT2D eigenvalue weighted by Crippen LogP contribution is 2.19. The SMILES string of the molecule is Cc1nn(-c2ccccc2)c(C)c1CNC(=O)NC(C)c1cccc(Br)c1. The second-order valence-corrected chi connectivity index (χ2v) is 7.42. The lowest BCUT2D eigenvalue weighted by Crippen LogP contribution is -2.36. The van der Waals surface area contributed by atoms with E-state index in [1.165, 1.54) is 0 Å². The van der Waals surface area contributed by atoms with Crippen molar-refractivity contribution < 1.29 is 4.79 Å². The molecular formula is C21H23BrN4O. The van der Waals surface area contributed by atoms with Gasteiger partial charge in [0.2, 0.25) is 0 Å². The molecular weight excluding hydrogens is 404 g/mol. The van der Waals surface area contributed by atoms with Crippen LogP contribution in [0.15, 0.2) is 59.1 Å². The monoisotopic (exact) mass is 426 g/mol. The highest BCUT2D eigenvalue weighted by atomic mass is 79.9. The summed E-state index contributed by atoms with van der Waals surface area (Å²) < 4.78 is 2.91. The van der Waals surface area contributed by atoms with Crippen molar-refractivity contribution >= 4 is 22.0 Å². The minimum absolute atomic E-state index is 0.0864. The van der Waals surface area contributed by atoms with Gasteiger partial charge < -0.3 is 10.6 Å². The minimum Gasteiger partial charge on any atom is -0.334 e. The van der Waals surface area contributed by atoms with Crippen molar-refractivity contribution in [3.05, 3.63) is 81.6 Å². The number of nitrogens with one attached hydrogen (secondary N) is 2. The fourth-order valence-electron chi connectivity index (χ4n) is 3.03. The van der Waals surface area contributed by atoms with Crippen LogP contribution >= 0.6 is 15.9 Å². The van der Waals surface area contributed by atoms with E-state index in [4.69, 9.17) is 0 Å². The van der Waals surface area contributed by atoms with Crippen molar-refractivity contribution in [3.63, 3.8) is 0 Å². The third-order valence-corrected chi connectivity index (χ3v) is 5.06. The van der Waals surface area contributed by atoms with Crippen molar-refractivity contribution in [1.82, 2.24) is 20.4 Å². The Morgan fingerprint density at radius 2 is 1.89 bits per heavy atom. The molecule has 2 N–H and O–H groups in total. The Hall–Kier alpha value is -2.60. The highest BCUT2D eigenvalue weighted by Gasteiger charge is 2.15. The lowest BCUT2D eigenvalue weighted by Gasteiger charge is -2.15. The topological polar surface area (TPSA) is 59.0 Å². The molecule has 6 heteroatoms. The van der Waals surface area contributed by atoms with Crippen LogP contribution in [0.3, 0.4) is 0 Å². The number of nitrogens with zero attached hydrogens (tertiary/aromatic N) is 2. The molecule has 0 aliphatic rings. The highest BCUT2D eigenvalue weighted by molar-refractivity contribution is 9.10. The first-order chi connectivity index (χ1) is 13.0. The summed E-state index contributed by atoms with van der Waals surface area (Å²) in [5, 5.41) is 10.5. The number of aryl methyl sites for hydroxylation is 1. The average Bonchev–Trinajstić information content (AvgIpc) is 2.94. The smallest absolute Gasteiger partial charge is 0.315 e. The molecule has 140 valence electrons. The minimum atomic E-state index is -0.200. The van der Waals surface area contributed by atoms with Crippen LogP contribution in [0.5, 0.6) is 0 Å². The molecule has 5 nitrogen and oxygen atoms in total. The third kappa shape index (κ3) is 4.57. The Morgan fingerprint density at radius 1 is 1.15 bits per heavy atom. The number of urea groups is 1. The maximum Gasteiger partial charge on any atom is 0.315 e. The average molecular weight is 427 g/mol. The molecule has 2 aromatic carbocycles. The molecule has 27 heavy (non-hydrogen) atoms. The molecule has 0 aliphatic carbocycles. The fourth-order valence-corrected chi connectivity index (χ4v) is 3.44. The lowest BCUT2D eigenvalue weighted by atomic mass is 10.1. The van der Waals surface area contributed by atoms with Crippen LogP contribution in [-0.2, 0) is 6.54 Å². The number of carbonyl (C=O) groups excluding carboxylic acids is 1. The van der Waals surface area contributed by atoms with Gasteiger partial charge in [-0.25, -0.2) is 9.48 Å². The van der Waals surface area contributed by atoms with E-state index in [2.05, 4.69) is 31.7 Å². The predicted molar refractivity (Wildman–Crippen MR) is 111 cm³/mol. The zero-order chi connectivity index (χ0) is 19.4. The van der Waals surface area contributed by atoms with Crippen molar-refractivity contribution in [2.45, 2.75) is 33.4 Å². The largest absolute Gasteiger partial charge is 0.334 e. The molecule has 1 heterocycles. The van der Waals surface area contributed by atoms with Gasteiger partial charge in [-0.15, -0.1) is 0 Å². The van der Waals surface area contributed by atoms with E-state index in [1.807, 2.05) is 80.1 Å². The summed E-state index contributed by atoms with van der Waals surface area (Å²) in [6.07, 6.45) is 0. The van der Waals surface area contributed by atoms with E-state index in [0.717, 1.165) is 32.7 Å². The zero-order valence-corrected chi connectivity index (χ0v) is 17.2. The van der Waals surface area contributed by atoms with E-state index in [-0.39, 0.29) is 12.1 Å². The van der Waals surface area contributed by atoms with E-state index in [1.54, 1.807) is 0 Å². The number of rotatable bonds is 5. The Kier molecular flexibility index (Phi) is 5.96. The number of halogens is 1. The summed E-state index contributed by atoms with van der Waals surface area (Å²) in [5.74, 6) is 0. The van der Waals surface area contributed by atoms with Crippen LogP contribution in [0, 0.1) is 13.8 Å². The molecule has 0 bridgehead atoms. The van der Waals surface area contributed by atoms with Gasteiger partial charge in [0.25, 0.3) is 0 Å². The Labute approximate surface area is 167 Å². The van der Waals surface area contributed by atoms with Crippen LogP contribution < -0.4 is 10.6 Å². The molecule has 2 amide bonds. The van der Waals surface area contributed by atoms with E-state index in [9.17, 15) is 4.79 Å². The zero-order valence-electron chi connectivity index (χ0n) is 15.7. The maximum absolute atomic E-state index is 12.3. The molecule has 3 rings (SSSR count). The summed E-state index contributed by atoms with van der Waals surface area (Å²) in [4.78, 5) is 12.3. The van der Waals surface area contributed by atoms with E-state index in [0.29, 0.717) is 6.54 Å². The Bertz CT molecular complexity index is 937. The van der Waals surface area contributed by atoms with Gasteiger partial charge >= 0.3 is 6.03 Å². The lowest BCUT2D eigenvalue weighted by molar-refractivity contribution is 0.237. The third-order valence-electron chi connectivity index (χ3n) is 4.56. The fraction of sp³-hybridized carbons (Fsp3) is 0.238. The molecule has 0 spiro atoms. The van der Waals surface area contributed by atoms with E-state index < -0.39 is 0 Å². The maximum atomic E-state index is 12.3. The second-order valence-electron chi connectivity index (χ2n) is 6.50. The molecule has 0 radical (unpaired) electrons. The summed E-state index contributed by atoms with van der Waals surface area (Å²) in [7, 11) is 0. The van der Waals surface area contributed by atoms with Crippen LogP contribution in [0.2, 0.25) is 0 Å². The van der Waals surface area contributed by atoms with Crippen molar-refractivity contribution in [3.8, 4) is 5.69 Å². The van der Waals surface area contributed by atoms with Gasteiger partial charge in [0, 0.05) is 22.3 Å². The van der Waals surface area contributed by atoms with Gasteiger partial charge in [0.05, 0.1) is 17.4 Å². The van der Waals surface area contributed by atoms with E-state index >= 15 is 0 Å². The quantitative estimate of drug-likeness (QED) is 0.614. The van der Waals surface area contributed by atoms with Gasteiger partial charge in [-0.3, -0.25) is 0 Å². The van der Waals surface area contributed by atoms with Crippen molar-refractivity contribution in [2.75, 3.05) is 0 Å². The standard InChI is InChI=1S/C21H23BrN4O/c1-14(17-8-7-9-18(22)12-17)24-21(27)23-13-20-15(2)25-26(16(20)3)19-10-5-4-6-11-19/h4-12,14H,13H2,1-3H3,(H2,23,24,27). The van der Waals surface area contributed by atoms with Crippen LogP contribution in [0.25, 0.3) is 5.69 Å². The van der Waals surface area contributed by atoms with Crippen LogP contribution in [0.4, 0.5) is 4.79 Å². The van der Waals surface area contributed by atoms with Gasteiger partial charge in [0.1, 0.15) is 0 Å². The summed E-state index contributed by atoms with van der Waals surface area (Å²) in [6.45, 7) is 6.38. The number of benzene rings is 2. The van der Waals surface area contributed by atoms with Crippen LogP contribution in [-0.4, -0.2) is 15.8 Å². The molecule has 0 fully saturated rings. The first kappa shape index (κ1) is 19.2. The second kappa shape index (κ2) is 8.39. The summed E-state index contributed by atoms with van der Waals surface area (Å²) in [6, 6.07) is 17.6. The van der Waals surface area contributed by atoms with Gasteiger partial charge in [-0.05, 0) is 50.6 Å². The van der Waals surface area contributed by atoms with Gasteiger partial charge in [0.15, 0.2) is 0 Å². The van der Waals surface area contributed by atoms with Crippen molar-refractivity contribution in [1.29, 1.82) is 0 Å². The summed E-state index contributed by atoms with van der Waals surface area (Å²) in [5.41, 5.74) is 5.03. The normalized spacial score (nSPS) is 11.9. The molecule has 3 aromatic rings. The van der Waals surface area contributed by atoms with Crippen LogP contribution in [0.1, 0.15) is 35.5 Å². The number of carbonyl (C=O) groups is 1. The number of para-hydroxylation sites is 1. The van der Waals surface area contributed by atoms with Crippen molar-refractivity contribution in [2.24, 2.45) is 0 Å². The first-order valence-corrected chi connectivity index (χ1v) is 9.65. The molecule has 1 aromatic heterocycles. The Balaban J connectivity index is 1.65. The molecule has 1 atom stereocenters. The van der Waals surface area contributed by atoms with Gasteiger partial charge in [-0.2, -0.15) is 5.10 Å². The first-order valence-electron chi connectivity index (χ1n) is 8.86. The predicted octanol–water partition coefficient (Wildman–Crippen LogP) is 4.81. The number of hydrogen-bond donors (Lipinski definition) is 2. The summed E-state index contributed by atoms with van der Waals surface area (Å²) >= 11 is 3.46. The number of amides is 2. The number of hydrogen-bond acceptors (Lipinski definition) is 2. The molecule has 0 saturated heterocycles. The molecule has 0 saturated carbocycles. The van der Waals surface area contributed by atoms with Gasteiger partial charge in [-0.1, -0.05) is 46.3 Å². The Morgan fingerprint density at radius 3 is 2.59 bits per heavy atom. The number of aromatic nitrogens is 2. The molecule has 1 unspecified atom stereocenters.